The standard InChI is InChI=1S/C18H21NO3S/c1-15(23(21,22)14-17-11-7-4-8-12-17)18(20)19(2)13-16-9-5-3-6-10-16/h3-12,15H,13-14H2,1-2H3. The normalized spacial score (nSPS) is 12.6. The van der Waals surface area contributed by atoms with E-state index in [2.05, 4.69) is 0 Å². The zero-order chi connectivity index (χ0) is 16.9. The molecule has 5 heteroatoms. The first-order chi connectivity index (χ1) is 10.9. The molecule has 0 bridgehead atoms. The molecule has 0 aliphatic rings. The molecular weight excluding hydrogens is 310 g/mol. The lowest BCUT2D eigenvalue weighted by molar-refractivity contribution is -0.129. The van der Waals surface area contributed by atoms with Crippen molar-refractivity contribution < 1.29 is 13.2 Å². The van der Waals surface area contributed by atoms with Crippen molar-refractivity contribution in [1.82, 2.24) is 4.90 Å². The van der Waals surface area contributed by atoms with Crippen molar-refractivity contribution in [2.75, 3.05) is 7.05 Å². The van der Waals surface area contributed by atoms with E-state index in [9.17, 15) is 13.2 Å². The van der Waals surface area contributed by atoms with E-state index in [1.54, 1.807) is 31.3 Å². The van der Waals surface area contributed by atoms with E-state index in [1.165, 1.54) is 11.8 Å². The quantitative estimate of drug-likeness (QED) is 0.818. The average Bonchev–Trinajstić information content (AvgIpc) is 2.55. The molecule has 0 aromatic heterocycles. The fourth-order valence-corrected chi connectivity index (χ4v) is 3.72. The molecule has 23 heavy (non-hydrogen) atoms. The fraction of sp³-hybridized carbons (Fsp3) is 0.278. The van der Waals surface area contributed by atoms with Gasteiger partial charge in [0.1, 0.15) is 5.25 Å². The molecule has 0 saturated heterocycles. The summed E-state index contributed by atoms with van der Waals surface area (Å²) in [5.74, 6) is -0.510. The van der Waals surface area contributed by atoms with Gasteiger partial charge in [0.25, 0.3) is 0 Å². The monoisotopic (exact) mass is 331 g/mol. The number of hydrogen-bond donors (Lipinski definition) is 0. The summed E-state index contributed by atoms with van der Waals surface area (Å²) in [4.78, 5) is 13.9. The Kier molecular flexibility index (Phi) is 5.55. The zero-order valence-electron chi connectivity index (χ0n) is 13.3. The van der Waals surface area contributed by atoms with Crippen molar-refractivity contribution in [2.45, 2.75) is 24.5 Å². The van der Waals surface area contributed by atoms with Crippen molar-refractivity contribution in [1.29, 1.82) is 0 Å². The summed E-state index contributed by atoms with van der Waals surface area (Å²) in [6.07, 6.45) is 0. The summed E-state index contributed by atoms with van der Waals surface area (Å²) in [6, 6.07) is 18.4. The summed E-state index contributed by atoms with van der Waals surface area (Å²) in [5, 5.41) is -1.06. The predicted octanol–water partition coefficient (Wildman–Crippen LogP) is 2.65. The van der Waals surface area contributed by atoms with E-state index in [1.807, 2.05) is 36.4 Å². The summed E-state index contributed by atoms with van der Waals surface area (Å²) in [6.45, 7) is 1.85. The minimum atomic E-state index is -3.54. The smallest absolute Gasteiger partial charge is 0.240 e. The number of hydrogen-bond acceptors (Lipinski definition) is 3. The lowest BCUT2D eigenvalue weighted by Gasteiger charge is -2.21. The van der Waals surface area contributed by atoms with Crippen molar-refractivity contribution in [2.24, 2.45) is 0 Å². The lowest BCUT2D eigenvalue weighted by atomic mass is 10.2. The first-order valence-electron chi connectivity index (χ1n) is 7.44. The van der Waals surface area contributed by atoms with Crippen LogP contribution in [0, 0.1) is 0 Å². The molecular formula is C18H21NO3S. The van der Waals surface area contributed by atoms with Gasteiger partial charge in [-0.25, -0.2) is 8.42 Å². The molecule has 1 atom stereocenters. The maximum Gasteiger partial charge on any atom is 0.240 e. The molecule has 2 aromatic carbocycles. The van der Waals surface area contributed by atoms with Crippen LogP contribution in [0.4, 0.5) is 0 Å². The fourth-order valence-electron chi connectivity index (χ4n) is 2.33. The van der Waals surface area contributed by atoms with E-state index in [0.29, 0.717) is 12.1 Å². The Balaban J connectivity index is 2.05. The van der Waals surface area contributed by atoms with E-state index in [4.69, 9.17) is 0 Å². The second-order valence-corrected chi connectivity index (χ2v) is 7.94. The Morgan fingerprint density at radius 3 is 1.96 bits per heavy atom. The highest BCUT2D eigenvalue weighted by molar-refractivity contribution is 7.92. The molecule has 2 aromatic rings. The summed E-state index contributed by atoms with van der Waals surface area (Å²) >= 11 is 0. The van der Waals surface area contributed by atoms with Crippen molar-refractivity contribution in [3.8, 4) is 0 Å². The number of nitrogens with zero attached hydrogens (tertiary/aromatic N) is 1. The lowest BCUT2D eigenvalue weighted by Crippen LogP contribution is -2.39. The molecule has 0 saturated carbocycles. The minimum Gasteiger partial charge on any atom is -0.340 e. The third-order valence-electron chi connectivity index (χ3n) is 3.74. The maximum atomic E-state index is 12.5. The molecule has 0 spiro atoms. The molecule has 4 nitrogen and oxygen atoms in total. The van der Waals surface area contributed by atoms with E-state index in [-0.39, 0.29) is 11.7 Å². The van der Waals surface area contributed by atoms with Crippen LogP contribution in [-0.2, 0) is 26.9 Å². The zero-order valence-corrected chi connectivity index (χ0v) is 14.2. The van der Waals surface area contributed by atoms with Gasteiger partial charge < -0.3 is 4.90 Å². The van der Waals surface area contributed by atoms with Gasteiger partial charge in [0, 0.05) is 13.6 Å². The SMILES string of the molecule is CC(C(=O)N(C)Cc1ccccc1)S(=O)(=O)Cc1ccccc1. The van der Waals surface area contributed by atoms with Gasteiger partial charge in [-0.15, -0.1) is 0 Å². The second-order valence-electron chi connectivity index (χ2n) is 5.61. The van der Waals surface area contributed by atoms with E-state index in [0.717, 1.165) is 5.56 Å². The van der Waals surface area contributed by atoms with Crippen LogP contribution in [0.25, 0.3) is 0 Å². The van der Waals surface area contributed by atoms with Gasteiger partial charge in [0.15, 0.2) is 9.84 Å². The Labute approximate surface area is 137 Å². The Hall–Kier alpha value is -2.14. The molecule has 1 amide bonds. The largest absolute Gasteiger partial charge is 0.340 e. The Morgan fingerprint density at radius 2 is 1.43 bits per heavy atom. The Morgan fingerprint density at radius 1 is 0.957 bits per heavy atom. The number of rotatable bonds is 6. The van der Waals surface area contributed by atoms with E-state index < -0.39 is 15.1 Å². The van der Waals surface area contributed by atoms with Crippen LogP contribution >= 0.6 is 0 Å². The first kappa shape index (κ1) is 17.2. The van der Waals surface area contributed by atoms with Crippen LogP contribution in [0.1, 0.15) is 18.1 Å². The van der Waals surface area contributed by atoms with Gasteiger partial charge in [-0.1, -0.05) is 60.7 Å². The third-order valence-corrected chi connectivity index (χ3v) is 5.75. The van der Waals surface area contributed by atoms with Crippen LogP contribution in [0.5, 0.6) is 0 Å². The average molecular weight is 331 g/mol. The van der Waals surface area contributed by atoms with Crippen LogP contribution in [0.3, 0.4) is 0 Å². The van der Waals surface area contributed by atoms with Crippen LogP contribution < -0.4 is 0 Å². The number of carbonyl (C=O) groups is 1. The van der Waals surface area contributed by atoms with Crippen LogP contribution in [0.2, 0.25) is 0 Å². The topological polar surface area (TPSA) is 54.5 Å². The predicted molar refractivity (Wildman–Crippen MR) is 91.4 cm³/mol. The van der Waals surface area contributed by atoms with Gasteiger partial charge in [0.2, 0.25) is 5.91 Å². The molecule has 0 aliphatic heterocycles. The number of sulfone groups is 1. The Bertz CT molecular complexity index is 742. The molecule has 0 N–H and O–H groups in total. The summed E-state index contributed by atoms with van der Waals surface area (Å²) in [5.41, 5.74) is 1.66. The molecule has 0 radical (unpaired) electrons. The first-order valence-corrected chi connectivity index (χ1v) is 9.16. The molecule has 1 unspecified atom stereocenters. The van der Waals surface area contributed by atoms with E-state index >= 15 is 0 Å². The maximum absolute atomic E-state index is 12.5. The molecule has 0 heterocycles. The highest BCUT2D eigenvalue weighted by atomic mass is 32.2. The minimum absolute atomic E-state index is 0.125. The molecule has 122 valence electrons. The molecule has 2 rings (SSSR count). The van der Waals surface area contributed by atoms with Gasteiger partial charge in [-0.05, 0) is 18.1 Å². The van der Waals surface area contributed by atoms with Crippen LogP contribution in [-0.4, -0.2) is 31.5 Å². The number of benzene rings is 2. The number of carbonyl (C=O) groups excluding carboxylic acids is 1. The summed E-state index contributed by atoms with van der Waals surface area (Å²) < 4.78 is 24.9. The number of amides is 1. The third kappa shape index (κ3) is 4.66. The van der Waals surface area contributed by atoms with Gasteiger partial charge in [0.05, 0.1) is 5.75 Å². The van der Waals surface area contributed by atoms with Crippen molar-refractivity contribution in [3.05, 3.63) is 71.8 Å². The highest BCUT2D eigenvalue weighted by Crippen LogP contribution is 2.14. The van der Waals surface area contributed by atoms with Crippen LogP contribution in [0.15, 0.2) is 60.7 Å². The van der Waals surface area contributed by atoms with Crippen molar-refractivity contribution in [3.63, 3.8) is 0 Å². The summed E-state index contributed by atoms with van der Waals surface area (Å²) in [7, 11) is -1.91. The van der Waals surface area contributed by atoms with Gasteiger partial charge in [-0.2, -0.15) is 0 Å². The van der Waals surface area contributed by atoms with Crippen molar-refractivity contribution >= 4 is 15.7 Å². The van der Waals surface area contributed by atoms with Gasteiger partial charge in [-0.3, -0.25) is 4.79 Å². The molecule has 0 fully saturated rings. The molecule has 0 aliphatic carbocycles. The van der Waals surface area contributed by atoms with Gasteiger partial charge >= 0.3 is 0 Å². The second kappa shape index (κ2) is 7.42. The highest BCUT2D eigenvalue weighted by Gasteiger charge is 2.30.